The molecule has 136 valence electrons. The summed E-state index contributed by atoms with van der Waals surface area (Å²) in [6.07, 6.45) is 1.07. The normalized spacial score (nSPS) is 12.0. The summed E-state index contributed by atoms with van der Waals surface area (Å²) in [6.45, 7) is 7.87. The van der Waals surface area contributed by atoms with Crippen LogP contribution < -0.4 is 14.8 Å². The SMILES string of the molecule is CCOc1cc(CN[C@@H](C)CC)cc(Cl)c1OCc1ccccc1Cl. The molecule has 0 saturated carbocycles. The number of ether oxygens (including phenoxy) is 2. The minimum atomic E-state index is 0.337. The lowest BCUT2D eigenvalue weighted by molar-refractivity contribution is 0.269. The average molecular weight is 382 g/mol. The van der Waals surface area contributed by atoms with Crippen LogP contribution in [0.5, 0.6) is 11.5 Å². The molecule has 0 saturated heterocycles. The second-order valence-corrected chi connectivity index (χ2v) is 6.72. The molecule has 0 aromatic heterocycles. The van der Waals surface area contributed by atoms with E-state index in [1.807, 2.05) is 43.3 Å². The lowest BCUT2D eigenvalue weighted by Crippen LogP contribution is -2.24. The predicted molar refractivity (Wildman–Crippen MR) is 105 cm³/mol. The summed E-state index contributed by atoms with van der Waals surface area (Å²) < 4.78 is 11.7. The first-order chi connectivity index (χ1) is 12.0. The van der Waals surface area contributed by atoms with E-state index in [9.17, 15) is 0 Å². The maximum atomic E-state index is 6.46. The predicted octanol–water partition coefficient (Wildman–Crippen LogP) is 5.86. The zero-order valence-corrected chi connectivity index (χ0v) is 16.5. The van der Waals surface area contributed by atoms with E-state index < -0.39 is 0 Å². The molecule has 0 aliphatic rings. The van der Waals surface area contributed by atoms with Crippen LogP contribution in [0.2, 0.25) is 10.0 Å². The zero-order chi connectivity index (χ0) is 18.2. The summed E-state index contributed by atoms with van der Waals surface area (Å²) in [5.74, 6) is 1.21. The first-order valence-corrected chi connectivity index (χ1v) is 9.35. The monoisotopic (exact) mass is 381 g/mol. The van der Waals surface area contributed by atoms with Crippen LogP contribution >= 0.6 is 23.2 Å². The van der Waals surface area contributed by atoms with E-state index in [0.717, 1.165) is 24.1 Å². The summed E-state index contributed by atoms with van der Waals surface area (Å²) in [4.78, 5) is 0. The Balaban J connectivity index is 2.17. The Morgan fingerprint density at radius 2 is 1.80 bits per heavy atom. The standard InChI is InChI=1S/C20H25Cl2NO2/c1-4-14(3)23-12-15-10-18(22)20(19(11-15)24-5-2)25-13-16-8-6-7-9-17(16)21/h6-11,14,23H,4-5,12-13H2,1-3H3/t14-/m0/s1. The first kappa shape index (κ1) is 19.9. The van der Waals surface area contributed by atoms with Gasteiger partial charge in [-0.25, -0.2) is 0 Å². The summed E-state index contributed by atoms with van der Waals surface area (Å²) in [5.41, 5.74) is 1.98. The number of benzene rings is 2. The van der Waals surface area contributed by atoms with Gasteiger partial charge in [0.1, 0.15) is 6.61 Å². The molecule has 3 nitrogen and oxygen atoms in total. The maximum Gasteiger partial charge on any atom is 0.180 e. The largest absolute Gasteiger partial charge is 0.490 e. The third kappa shape index (κ3) is 5.81. The van der Waals surface area contributed by atoms with Crippen LogP contribution in [0.15, 0.2) is 36.4 Å². The molecular weight excluding hydrogens is 357 g/mol. The lowest BCUT2D eigenvalue weighted by Gasteiger charge is -2.17. The Kier molecular flexibility index (Phi) is 7.89. The topological polar surface area (TPSA) is 30.5 Å². The van der Waals surface area contributed by atoms with Crippen LogP contribution in [0.25, 0.3) is 0 Å². The quantitative estimate of drug-likeness (QED) is 0.589. The molecule has 2 aromatic rings. The summed E-state index contributed by atoms with van der Waals surface area (Å²) >= 11 is 12.6. The van der Waals surface area contributed by atoms with E-state index in [0.29, 0.717) is 40.8 Å². The number of hydrogen-bond donors (Lipinski definition) is 1. The highest BCUT2D eigenvalue weighted by Gasteiger charge is 2.14. The number of rotatable bonds is 9. The fourth-order valence-corrected chi connectivity index (χ4v) is 2.81. The molecule has 1 atom stereocenters. The molecule has 0 bridgehead atoms. The van der Waals surface area contributed by atoms with Crippen molar-refractivity contribution < 1.29 is 9.47 Å². The van der Waals surface area contributed by atoms with Crippen molar-refractivity contribution in [3.63, 3.8) is 0 Å². The van der Waals surface area contributed by atoms with E-state index in [1.54, 1.807) is 0 Å². The minimum Gasteiger partial charge on any atom is -0.490 e. The Hall–Kier alpha value is -1.42. The molecule has 0 aliphatic carbocycles. The highest BCUT2D eigenvalue weighted by atomic mass is 35.5. The fraction of sp³-hybridized carbons (Fsp3) is 0.400. The molecule has 0 aliphatic heterocycles. The number of nitrogens with one attached hydrogen (secondary N) is 1. The van der Waals surface area contributed by atoms with Gasteiger partial charge in [-0.15, -0.1) is 0 Å². The molecule has 1 N–H and O–H groups in total. The molecule has 25 heavy (non-hydrogen) atoms. The van der Waals surface area contributed by atoms with Gasteiger partial charge in [0.15, 0.2) is 11.5 Å². The van der Waals surface area contributed by atoms with Gasteiger partial charge in [-0.3, -0.25) is 0 Å². The number of hydrogen-bond acceptors (Lipinski definition) is 3. The van der Waals surface area contributed by atoms with Gasteiger partial charge in [0, 0.05) is 23.2 Å². The van der Waals surface area contributed by atoms with Gasteiger partial charge in [0.25, 0.3) is 0 Å². The second-order valence-electron chi connectivity index (χ2n) is 5.91. The van der Waals surface area contributed by atoms with Crippen LogP contribution in [-0.2, 0) is 13.2 Å². The molecule has 0 radical (unpaired) electrons. The van der Waals surface area contributed by atoms with Gasteiger partial charge in [0.2, 0.25) is 0 Å². The third-order valence-electron chi connectivity index (χ3n) is 3.97. The first-order valence-electron chi connectivity index (χ1n) is 8.59. The van der Waals surface area contributed by atoms with Crippen molar-refractivity contribution in [2.75, 3.05) is 6.61 Å². The molecule has 5 heteroatoms. The van der Waals surface area contributed by atoms with Crippen molar-refractivity contribution in [2.24, 2.45) is 0 Å². The summed E-state index contributed by atoms with van der Waals surface area (Å²) in [5, 5.41) is 4.67. The lowest BCUT2D eigenvalue weighted by atomic mass is 10.1. The van der Waals surface area contributed by atoms with Gasteiger partial charge in [0.05, 0.1) is 11.6 Å². The van der Waals surface area contributed by atoms with E-state index in [2.05, 4.69) is 19.2 Å². The summed E-state index contributed by atoms with van der Waals surface area (Å²) in [6, 6.07) is 11.9. The van der Waals surface area contributed by atoms with Crippen LogP contribution in [0, 0.1) is 0 Å². The Morgan fingerprint density at radius 1 is 1.04 bits per heavy atom. The van der Waals surface area contributed by atoms with Crippen molar-refractivity contribution in [1.82, 2.24) is 5.32 Å². The smallest absolute Gasteiger partial charge is 0.180 e. The van der Waals surface area contributed by atoms with Crippen molar-refractivity contribution in [3.8, 4) is 11.5 Å². The van der Waals surface area contributed by atoms with Crippen molar-refractivity contribution >= 4 is 23.2 Å². The van der Waals surface area contributed by atoms with Gasteiger partial charge in [-0.1, -0.05) is 48.3 Å². The van der Waals surface area contributed by atoms with E-state index >= 15 is 0 Å². The number of halogens is 2. The zero-order valence-electron chi connectivity index (χ0n) is 14.9. The Labute approximate surface area is 160 Å². The van der Waals surface area contributed by atoms with Gasteiger partial charge in [-0.05, 0) is 44.0 Å². The minimum absolute atomic E-state index is 0.337. The van der Waals surface area contributed by atoms with Crippen LogP contribution in [-0.4, -0.2) is 12.6 Å². The molecule has 0 fully saturated rings. The molecule has 0 heterocycles. The van der Waals surface area contributed by atoms with Gasteiger partial charge >= 0.3 is 0 Å². The molecule has 0 unspecified atom stereocenters. The van der Waals surface area contributed by atoms with Crippen molar-refractivity contribution in [3.05, 3.63) is 57.6 Å². The average Bonchev–Trinajstić information content (AvgIpc) is 2.60. The molecule has 0 amide bonds. The highest BCUT2D eigenvalue weighted by molar-refractivity contribution is 6.32. The van der Waals surface area contributed by atoms with Crippen LogP contribution in [0.1, 0.15) is 38.3 Å². The summed E-state index contributed by atoms with van der Waals surface area (Å²) in [7, 11) is 0. The van der Waals surface area contributed by atoms with E-state index in [4.69, 9.17) is 32.7 Å². The Bertz CT molecular complexity index is 691. The third-order valence-corrected chi connectivity index (χ3v) is 4.62. The van der Waals surface area contributed by atoms with Gasteiger partial charge in [-0.2, -0.15) is 0 Å². The Morgan fingerprint density at radius 3 is 2.48 bits per heavy atom. The molecule has 0 spiro atoms. The van der Waals surface area contributed by atoms with Crippen LogP contribution in [0.3, 0.4) is 0 Å². The molecule has 2 rings (SSSR count). The van der Waals surface area contributed by atoms with E-state index in [-0.39, 0.29) is 0 Å². The molecule has 2 aromatic carbocycles. The second kappa shape index (κ2) is 9.91. The fourth-order valence-electron chi connectivity index (χ4n) is 2.33. The highest BCUT2D eigenvalue weighted by Crippen LogP contribution is 2.37. The van der Waals surface area contributed by atoms with Crippen molar-refractivity contribution in [2.45, 2.75) is 46.4 Å². The molecular formula is C20H25Cl2NO2. The van der Waals surface area contributed by atoms with Crippen LogP contribution in [0.4, 0.5) is 0 Å². The van der Waals surface area contributed by atoms with Crippen molar-refractivity contribution in [1.29, 1.82) is 0 Å². The van der Waals surface area contributed by atoms with E-state index in [1.165, 1.54) is 0 Å². The van der Waals surface area contributed by atoms with Gasteiger partial charge < -0.3 is 14.8 Å². The maximum absolute atomic E-state index is 6.46.